The molecule has 6 heteroatoms. The van der Waals surface area contributed by atoms with Crippen molar-refractivity contribution in [3.8, 4) is 17.3 Å². The molecule has 0 fully saturated rings. The molecule has 0 spiro atoms. The van der Waals surface area contributed by atoms with Gasteiger partial charge in [-0.1, -0.05) is 30.3 Å². The number of benzene rings is 2. The second kappa shape index (κ2) is 8.56. The molecule has 2 aromatic heterocycles. The fourth-order valence-corrected chi connectivity index (χ4v) is 3.14. The Bertz CT molecular complexity index is 1120. The number of nitrogens with zero attached hydrogens (tertiary/aromatic N) is 2. The Morgan fingerprint density at radius 1 is 1.10 bits per heavy atom. The normalized spacial score (nSPS) is 10.8. The largest absolute Gasteiger partial charge is 0.480 e. The third kappa shape index (κ3) is 4.27. The number of fused-ring (bicyclic) bond motifs is 1. The molecular weight excluding hydrogens is 366 g/mol. The lowest BCUT2D eigenvalue weighted by Gasteiger charge is -2.05. The van der Waals surface area contributed by atoms with Gasteiger partial charge < -0.3 is 14.5 Å². The number of hydrogen-bond donors (Lipinski definition) is 1. The van der Waals surface area contributed by atoms with E-state index in [-0.39, 0.29) is 5.91 Å². The molecule has 0 aliphatic carbocycles. The number of hydrogen-bond acceptors (Lipinski definition) is 5. The van der Waals surface area contributed by atoms with E-state index in [2.05, 4.69) is 27.4 Å². The van der Waals surface area contributed by atoms with Crippen LogP contribution in [0.3, 0.4) is 0 Å². The van der Waals surface area contributed by atoms with Gasteiger partial charge in [-0.2, -0.15) is 0 Å². The highest BCUT2D eigenvalue weighted by molar-refractivity contribution is 5.97. The summed E-state index contributed by atoms with van der Waals surface area (Å²) < 4.78 is 11.1. The van der Waals surface area contributed by atoms with Gasteiger partial charge in [-0.05, 0) is 48.7 Å². The number of ether oxygens (including phenoxy) is 1. The Hall–Kier alpha value is -3.67. The first-order valence-corrected chi connectivity index (χ1v) is 9.46. The molecule has 0 bridgehead atoms. The molecule has 146 valence electrons. The maximum Gasteiger partial charge on any atom is 0.251 e. The number of carbonyl (C=O) groups is 1. The molecule has 1 amide bonds. The fourth-order valence-electron chi connectivity index (χ4n) is 3.14. The fraction of sp³-hybridized carbons (Fsp3) is 0.174. The highest BCUT2D eigenvalue weighted by atomic mass is 16.5. The van der Waals surface area contributed by atoms with Crippen LogP contribution in [0.25, 0.3) is 22.6 Å². The number of amides is 1. The summed E-state index contributed by atoms with van der Waals surface area (Å²) in [6, 6.07) is 19.1. The highest BCUT2D eigenvalue weighted by Crippen LogP contribution is 2.30. The van der Waals surface area contributed by atoms with Crippen LogP contribution in [0.5, 0.6) is 5.88 Å². The first kappa shape index (κ1) is 18.7. The van der Waals surface area contributed by atoms with Crippen molar-refractivity contribution < 1.29 is 13.9 Å². The third-order valence-electron chi connectivity index (χ3n) is 4.62. The van der Waals surface area contributed by atoms with Crippen LogP contribution in [0.2, 0.25) is 0 Å². The van der Waals surface area contributed by atoms with Gasteiger partial charge in [0.2, 0.25) is 11.8 Å². The minimum atomic E-state index is -0.122. The number of aromatic nitrogens is 2. The number of oxazole rings is 1. The summed E-state index contributed by atoms with van der Waals surface area (Å²) in [5.74, 6) is 0.726. The summed E-state index contributed by atoms with van der Waals surface area (Å²) in [6.07, 6.45) is 3.46. The predicted molar refractivity (Wildman–Crippen MR) is 111 cm³/mol. The summed E-state index contributed by atoms with van der Waals surface area (Å²) in [7, 11) is 1.55. The van der Waals surface area contributed by atoms with Crippen LogP contribution >= 0.6 is 0 Å². The minimum absolute atomic E-state index is 0.122. The van der Waals surface area contributed by atoms with Crippen molar-refractivity contribution in [1.29, 1.82) is 0 Å². The molecule has 4 aromatic rings. The van der Waals surface area contributed by atoms with Crippen LogP contribution in [-0.2, 0) is 6.42 Å². The van der Waals surface area contributed by atoms with Crippen LogP contribution in [0.1, 0.15) is 22.3 Å². The van der Waals surface area contributed by atoms with Gasteiger partial charge in [-0.3, -0.25) is 4.79 Å². The van der Waals surface area contributed by atoms with Gasteiger partial charge in [0.15, 0.2) is 5.58 Å². The Kier molecular flexibility index (Phi) is 5.52. The lowest BCUT2D eigenvalue weighted by molar-refractivity contribution is 0.0953. The predicted octanol–water partition coefficient (Wildman–Crippen LogP) is 4.26. The van der Waals surface area contributed by atoms with Crippen LogP contribution in [0.4, 0.5) is 0 Å². The Morgan fingerprint density at radius 2 is 1.97 bits per heavy atom. The quantitative estimate of drug-likeness (QED) is 0.480. The van der Waals surface area contributed by atoms with E-state index >= 15 is 0 Å². The topological polar surface area (TPSA) is 77.2 Å². The first-order chi connectivity index (χ1) is 14.2. The summed E-state index contributed by atoms with van der Waals surface area (Å²) in [6.45, 7) is 0.614. The first-order valence-electron chi connectivity index (χ1n) is 9.46. The molecule has 0 aliphatic heterocycles. The second-order valence-corrected chi connectivity index (χ2v) is 6.61. The summed E-state index contributed by atoms with van der Waals surface area (Å²) in [5.41, 5.74) is 3.70. The van der Waals surface area contributed by atoms with Gasteiger partial charge >= 0.3 is 0 Å². The number of carbonyl (C=O) groups excluding carboxylic acids is 1. The molecule has 29 heavy (non-hydrogen) atoms. The Morgan fingerprint density at radius 3 is 2.79 bits per heavy atom. The standard InChI is InChI=1S/C23H21N3O3/c1-28-22-18(10-6-14-25-22)23-26-19-15-17(11-12-20(19)29-23)21(27)24-13-5-9-16-7-3-2-4-8-16/h2-4,6-8,10-12,14-15H,5,9,13H2,1H3,(H,24,27). The van der Waals surface area contributed by atoms with Crippen molar-refractivity contribution >= 4 is 17.0 Å². The number of rotatable bonds is 7. The zero-order valence-corrected chi connectivity index (χ0v) is 16.1. The van der Waals surface area contributed by atoms with Gasteiger partial charge in [-0.15, -0.1) is 0 Å². The van der Waals surface area contributed by atoms with E-state index in [9.17, 15) is 4.79 Å². The lowest BCUT2D eigenvalue weighted by atomic mass is 10.1. The monoisotopic (exact) mass is 387 g/mol. The van der Waals surface area contributed by atoms with Crippen molar-refractivity contribution in [2.24, 2.45) is 0 Å². The smallest absolute Gasteiger partial charge is 0.251 e. The average molecular weight is 387 g/mol. The van der Waals surface area contributed by atoms with Crippen molar-refractivity contribution in [3.05, 3.63) is 78.0 Å². The van der Waals surface area contributed by atoms with E-state index < -0.39 is 0 Å². The van der Waals surface area contributed by atoms with Crippen molar-refractivity contribution in [3.63, 3.8) is 0 Å². The maximum atomic E-state index is 12.5. The summed E-state index contributed by atoms with van der Waals surface area (Å²) in [5, 5.41) is 2.96. The summed E-state index contributed by atoms with van der Waals surface area (Å²) in [4.78, 5) is 21.1. The highest BCUT2D eigenvalue weighted by Gasteiger charge is 2.15. The maximum absolute atomic E-state index is 12.5. The molecule has 2 heterocycles. The molecule has 6 nitrogen and oxygen atoms in total. The number of methoxy groups -OCH3 is 1. The molecule has 1 N–H and O–H groups in total. The van der Waals surface area contributed by atoms with Crippen molar-refractivity contribution in [1.82, 2.24) is 15.3 Å². The van der Waals surface area contributed by atoms with Gasteiger partial charge in [0.25, 0.3) is 5.91 Å². The van der Waals surface area contributed by atoms with E-state index in [0.29, 0.717) is 40.5 Å². The molecule has 0 saturated heterocycles. The van der Waals surface area contributed by atoms with E-state index in [4.69, 9.17) is 9.15 Å². The molecule has 0 unspecified atom stereocenters. The number of pyridine rings is 1. The van der Waals surface area contributed by atoms with Gasteiger partial charge in [0.05, 0.1) is 12.7 Å². The lowest BCUT2D eigenvalue weighted by Crippen LogP contribution is -2.24. The van der Waals surface area contributed by atoms with E-state index in [0.717, 1.165) is 12.8 Å². The second-order valence-electron chi connectivity index (χ2n) is 6.61. The summed E-state index contributed by atoms with van der Waals surface area (Å²) >= 11 is 0. The zero-order chi connectivity index (χ0) is 20.1. The molecule has 0 radical (unpaired) electrons. The van der Waals surface area contributed by atoms with Gasteiger partial charge in [-0.25, -0.2) is 9.97 Å². The van der Waals surface area contributed by atoms with Gasteiger partial charge in [0.1, 0.15) is 5.52 Å². The van der Waals surface area contributed by atoms with Crippen molar-refractivity contribution in [2.45, 2.75) is 12.8 Å². The van der Waals surface area contributed by atoms with Crippen LogP contribution in [-0.4, -0.2) is 29.5 Å². The van der Waals surface area contributed by atoms with Crippen molar-refractivity contribution in [2.75, 3.05) is 13.7 Å². The van der Waals surface area contributed by atoms with Gasteiger partial charge in [0, 0.05) is 18.3 Å². The molecule has 2 aromatic carbocycles. The number of aryl methyl sites for hydroxylation is 1. The average Bonchev–Trinajstić information content (AvgIpc) is 3.20. The van der Waals surface area contributed by atoms with Crippen LogP contribution < -0.4 is 10.1 Å². The SMILES string of the molecule is COc1ncccc1-c1nc2cc(C(=O)NCCCc3ccccc3)ccc2o1. The van der Waals surface area contributed by atoms with E-state index in [1.807, 2.05) is 24.3 Å². The molecule has 4 rings (SSSR count). The van der Waals surface area contributed by atoms with E-state index in [1.54, 1.807) is 37.6 Å². The minimum Gasteiger partial charge on any atom is -0.480 e. The molecule has 0 aliphatic rings. The number of nitrogens with one attached hydrogen (secondary N) is 1. The van der Waals surface area contributed by atoms with Crippen LogP contribution in [0.15, 0.2) is 71.3 Å². The van der Waals surface area contributed by atoms with Crippen LogP contribution in [0, 0.1) is 0 Å². The third-order valence-corrected chi connectivity index (χ3v) is 4.62. The Labute approximate surface area is 168 Å². The molecular formula is C23H21N3O3. The zero-order valence-electron chi connectivity index (χ0n) is 16.1. The molecule has 0 atom stereocenters. The molecule has 0 saturated carbocycles. The Balaban J connectivity index is 1.44. The van der Waals surface area contributed by atoms with E-state index in [1.165, 1.54) is 5.56 Å².